The van der Waals surface area contributed by atoms with Gasteiger partial charge in [-0.05, 0) is 49.4 Å². The molecule has 3 rings (SSSR count). The highest BCUT2D eigenvalue weighted by atomic mass is 35.5. The Bertz CT molecular complexity index is 816. The Morgan fingerprint density at radius 3 is 2.92 bits per heavy atom. The van der Waals surface area contributed by atoms with E-state index in [-0.39, 0.29) is 11.4 Å². The van der Waals surface area contributed by atoms with Crippen molar-refractivity contribution in [3.8, 4) is 5.75 Å². The second-order valence-corrected chi connectivity index (χ2v) is 6.46. The third-order valence-electron chi connectivity index (χ3n) is 3.37. The van der Waals surface area contributed by atoms with Crippen LogP contribution in [0.2, 0.25) is 5.02 Å². The van der Waals surface area contributed by atoms with Gasteiger partial charge in [-0.2, -0.15) is 15.1 Å². The lowest BCUT2D eigenvalue weighted by Gasteiger charge is -2.20. The van der Waals surface area contributed by atoms with Crippen molar-refractivity contribution < 1.29 is 9.53 Å². The lowest BCUT2D eigenvalue weighted by Crippen LogP contribution is -2.35. The molecule has 1 aromatic carbocycles. The molecule has 24 heavy (non-hydrogen) atoms. The Kier molecular flexibility index (Phi) is 4.73. The van der Waals surface area contributed by atoms with Crippen molar-refractivity contribution in [2.24, 2.45) is 10.1 Å². The topological polar surface area (TPSA) is 78.1 Å². The van der Waals surface area contributed by atoms with E-state index in [1.165, 1.54) is 16.8 Å². The molecule has 0 spiro atoms. The van der Waals surface area contributed by atoms with Gasteiger partial charge in [0.05, 0.1) is 12.2 Å². The van der Waals surface area contributed by atoms with Crippen molar-refractivity contribution >= 4 is 51.4 Å². The highest BCUT2D eigenvalue weighted by molar-refractivity contribution is 8.26. The van der Waals surface area contributed by atoms with Gasteiger partial charge in [-0.25, -0.2) is 0 Å². The zero-order chi connectivity index (χ0) is 17.3. The maximum Gasteiger partial charge on any atom is 0.283 e. The van der Waals surface area contributed by atoms with Gasteiger partial charge in [-0.1, -0.05) is 18.5 Å². The van der Waals surface area contributed by atoms with Gasteiger partial charge in [0.2, 0.25) is 5.17 Å². The van der Waals surface area contributed by atoms with Crippen molar-refractivity contribution in [3.63, 3.8) is 0 Å². The monoisotopic (exact) mass is 362 g/mol. The van der Waals surface area contributed by atoms with E-state index >= 15 is 0 Å². The summed E-state index contributed by atoms with van der Waals surface area (Å²) in [5, 5.41) is 15.8. The van der Waals surface area contributed by atoms with E-state index in [0.717, 1.165) is 11.5 Å². The quantitative estimate of drug-likeness (QED) is 0.827. The highest BCUT2D eigenvalue weighted by Gasteiger charge is 2.35. The fourth-order valence-electron chi connectivity index (χ4n) is 2.25. The van der Waals surface area contributed by atoms with E-state index < -0.39 is 5.91 Å². The standard InChI is InChI=1S/C16H15ClN4O2S/c1-3-13-20-21-14(18)11(15(22)19-16(21)24-13)8-9-7-10(17)5-6-12(9)23-4-2/h5-8,18H,3-4H2,1-2H3/b11-8+,18-14?. The van der Waals surface area contributed by atoms with Crippen LogP contribution >= 0.6 is 23.4 Å². The van der Waals surface area contributed by atoms with Crippen molar-refractivity contribution in [3.05, 3.63) is 34.4 Å². The molecule has 1 amide bonds. The smallest absolute Gasteiger partial charge is 0.283 e. The number of benzene rings is 1. The highest BCUT2D eigenvalue weighted by Crippen LogP contribution is 2.31. The van der Waals surface area contributed by atoms with Crippen LogP contribution in [0.15, 0.2) is 33.9 Å². The van der Waals surface area contributed by atoms with E-state index in [1.54, 1.807) is 24.3 Å². The second kappa shape index (κ2) is 6.78. The molecule has 2 aliphatic heterocycles. The first-order valence-corrected chi connectivity index (χ1v) is 8.64. The molecule has 0 saturated carbocycles. The van der Waals surface area contributed by atoms with Gasteiger partial charge in [0.15, 0.2) is 5.84 Å². The Morgan fingerprint density at radius 2 is 2.21 bits per heavy atom. The molecule has 0 radical (unpaired) electrons. The van der Waals surface area contributed by atoms with E-state index in [1.807, 2.05) is 13.8 Å². The summed E-state index contributed by atoms with van der Waals surface area (Å²) in [5.41, 5.74) is 0.784. The van der Waals surface area contributed by atoms with Crippen molar-refractivity contribution in [2.75, 3.05) is 6.61 Å². The van der Waals surface area contributed by atoms with Crippen LogP contribution in [0.5, 0.6) is 5.75 Å². The average molecular weight is 363 g/mol. The van der Waals surface area contributed by atoms with Gasteiger partial charge in [-0.15, -0.1) is 0 Å². The third kappa shape index (κ3) is 3.09. The SMILES string of the molecule is CCOc1ccc(Cl)cc1/C=C1\C(=N)N2N=C(CC)SC2=NC1=O. The molecule has 0 unspecified atom stereocenters. The number of nitrogens with one attached hydrogen (secondary N) is 1. The summed E-state index contributed by atoms with van der Waals surface area (Å²) in [7, 11) is 0. The molecule has 2 heterocycles. The van der Waals surface area contributed by atoms with Crippen molar-refractivity contribution in [1.82, 2.24) is 5.01 Å². The van der Waals surface area contributed by atoms with Gasteiger partial charge in [-0.3, -0.25) is 10.2 Å². The van der Waals surface area contributed by atoms with Crippen LogP contribution in [0.3, 0.4) is 0 Å². The minimum absolute atomic E-state index is 0.00312. The molecule has 0 aliphatic carbocycles. The summed E-state index contributed by atoms with van der Waals surface area (Å²) in [6.45, 7) is 4.32. The number of nitrogens with zero attached hydrogens (tertiary/aromatic N) is 3. The maximum absolute atomic E-state index is 12.3. The van der Waals surface area contributed by atoms with Crippen LogP contribution in [0, 0.1) is 5.41 Å². The molecule has 0 aromatic heterocycles. The predicted molar refractivity (Wildman–Crippen MR) is 97.9 cm³/mol. The number of hydrogen-bond donors (Lipinski definition) is 1. The number of hydrogen-bond acceptors (Lipinski definition) is 5. The van der Waals surface area contributed by atoms with E-state index in [0.29, 0.717) is 28.1 Å². The molecule has 0 fully saturated rings. The minimum atomic E-state index is -0.464. The summed E-state index contributed by atoms with van der Waals surface area (Å²) in [4.78, 5) is 16.4. The zero-order valence-electron chi connectivity index (χ0n) is 13.2. The van der Waals surface area contributed by atoms with E-state index in [4.69, 9.17) is 21.7 Å². The summed E-state index contributed by atoms with van der Waals surface area (Å²) < 4.78 is 5.56. The van der Waals surface area contributed by atoms with Crippen molar-refractivity contribution in [2.45, 2.75) is 20.3 Å². The molecule has 6 nitrogen and oxygen atoms in total. The second-order valence-electron chi connectivity index (χ2n) is 4.98. The first kappa shape index (κ1) is 16.7. The van der Waals surface area contributed by atoms with Gasteiger partial charge in [0.25, 0.3) is 5.91 Å². The number of ether oxygens (including phenoxy) is 1. The van der Waals surface area contributed by atoms with Crippen LogP contribution < -0.4 is 4.74 Å². The molecular weight excluding hydrogens is 348 g/mol. The number of aliphatic imine (C=N–C) groups is 1. The summed E-state index contributed by atoms with van der Waals surface area (Å²) >= 11 is 7.36. The zero-order valence-corrected chi connectivity index (χ0v) is 14.7. The number of hydrazone groups is 1. The number of carbonyl (C=O) groups excluding carboxylic acids is 1. The molecule has 0 bridgehead atoms. The largest absolute Gasteiger partial charge is 0.493 e. The number of halogens is 1. The third-order valence-corrected chi connectivity index (χ3v) is 4.66. The molecule has 0 atom stereocenters. The summed E-state index contributed by atoms with van der Waals surface area (Å²) in [6, 6.07) is 5.15. The van der Waals surface area contributed by atoms with Gasteiger partial charge in [0, 0.05) is 10.6 Å². The number of fused-ring (bicyclic) bond motifs is 1. The Morgan fingerprint density at radius 1 is 1.42 bits per heavy atom. The predicted octanol–water partition coefficient (Wildman–Crippen LogP) is 3.77. The maximum atomic E-state index is 12.3. The molecule has 2 aliphatic rings. The summed E-state index contributed by atoms with van der Waals surface area (Å²) in [5.74, 6) is 0.135. The van der Waals surface area contributed by atoms with Gasteiger partial charge in [0.1, 0.15) is 10.8 Å². The van der Waals surface area contributed by atoms with Crippen LogP contribution in [0.25, 0.3) is 6.08 Å². The number of amides is 1. The number of rotatable bonds is 4. The lowest BCUT2D eigenvalue weighted by atomic mass is 10.1. The minimum Gasteiger partial charge on any atom is -0.493 e. The molecule has 0 saturated heterocycles. The first-order valence-electron chi connectivity index (χ1n) is 7.45. The molecule has 8 heteroatoms. The average Bonchev–Trinajstić information content (AvgIpc) is 2.97. The van der Waals surface area contributed by atoms with Crippen LogP contribution in [-0.2, 0) is 4.79 Å². The van der Waals surface area contributed by atoms with Crippen LogP contribution in [0.4, 0.5) is 0 Å². The van der Waals surface area contributed by atoms with Crippen molar-refractivity contribution in [1.29, 1.82) is 5.41 Å². The fourth-order valence-corrected chi connectivity index (χ4v) is 3.25. The van der Waals surface area contributed by atoms with E-state index in [9.17, 15) is 4.79 Å². The van der Waals surface area contributed by atoms with Crippen LogP contribution in [-0.4, -0.2) is 33.6 Å². The molecule has 124 valence electrons. The number of amidine groups is 2. The lowest BCUT2D eigenvalue weighted by molar-refractivity contribution is -0.114. The summed E-state index contributed by atoms with van der Waals surface area (Å²) in [6.07, 6.45) is 2.30. The molecule has 1 aromatic rings. The molecular formula is C16H15ClN4O2S. The van der Waals surface area contributed by atoms with Gasteiger partial charge >= 0.3 is 0 Å². The fraction of sp³-hybridized carbons (Fsp3) is 0.250. The molecule has 1 N–H and O–H groups in total. The Hall–Kier alpha value is -2.12. The number of thioether (sulfide) groups is 1. The Labute approximate surface area is 148 Å². The first-order chi connectivity index (χ1) is 11.5. The normalized spacial score (nSPS) is 18.6. The number of carbonyl (C=O) groups is 1. The van der Waals surface area contributed by atoms with E-state index in [2.05, 4.69) is 10.1 Å². The Balaban J connectivity index is 2.02. The van der Waals surface area contributed by atoms with Crippen LogP contribution in [0.1, 0.15) is 25.8 Å². The van der Waals surface area contributed by atoms with Gasteiger partial charge < -0.3 is 4.74 Å².